The second kappa shape index (κ2) is 2.95. The van der Waals surface area contributed by atoms with E-state index in [2.05, 4.69) is 26.1 Å². The van der Waals surface area contributed by atoms with Crippen molar-refractivity contribution in [3.05, 3.63) is 26.1 Å². The van der Waals surface area contributed by atoms with Crippen LogP contribution in [0.25, 0.3) is 10.9 Å². The van der Waals surface area contributed by atoms with E-state index >= 15 is 0 Å². The average Bonchev–Trinajstić information content (AvgIpc) is 2.31. The molecular weight excluding hydrogens is 338 g/mol. The molecule has 0 atom stereocenters. The van der Waals surface area contributed by atoms with Crippen molar-refractivity contribution in [2.75, 3.05) is 0 Å². The van der Waals surface area contributed by atoms with Crippen LogP contribution in [0.4, 0.5) is 4.39 Å². The number of aromatic amines is 1. The minimum atomic E-state index is -0.252. The first-order chi connectivity index (χ1) is 5.68. The van der Waals surface area contributed by atoms with Crippen LogP contribution >= 0.6 is 38.5 Å². The Bertz CT molecular complexity index is 440. The maximum atomic E-state index is 13.2. The lowest BCUT2D eigenvalue weighted by Crippen LogP contribution is -1.78. The number of rotatable bonds is 0. The number of halogens is 3. The van der Waals surface area contributed by atoms with Gasteiger partial charge in [0, 0.05) is 4.47 Å². The first-order valence-electron chi connectivity index (χ1n) is 3.17. The molecule has 0 radical (unpaired) electrons. The molecule has 62 valence electrons. The van der Waals surface area contributed by atoms with Crippen molar-refractivity contribution in [2.24, 2.45) is 0 Å². The molecule has 1 N–H and O–H groups in total. The number of aromatic nitrogens is 2. The summed E-state index contributed by atoms with van der Waals surface area (Å²) in [6, 6.07) is 3.21. The molecule has 2 aromatic rings. The Hall–Kier alpha value is -0.170. The molecule has 0 fully saturated rings. The summed E-state index contributed by atoms with van der Waals surface area (Å²) in [5.74, 6) is -0.252. The summed E-state index contributed by atoms with van der Waals surface area (Å²) in [4.78, 5) is 0. The third-order valence-electron chi connectivity index (χ3n) is 1.53. The summed E-state index contributed by atoms with van der Waals surface area (Å²) < 4.78 is 14.7. The zero-order valence-electron chi connectivity index (χ0n) is 5.74. The topological polar surface area (TPSA) is 28.7 Å². The van der Waals surface area contributed by atoms with Crippen molar-refractivity contribution < 1.29 is 4.39 Å². The Kier molecular flexibility index (Phi) is 2.07. The molecule has 1 heterocycles. The first kappa shape index (κ1) is 8.43. The van der Waals surface area contributed by atoms with Crippen molar-refractivity contribution in [1.82, 2.24) is 10.2 Å². The quantitative estimate of drug-likeness (QED) is 0.734. The molecule has 0 saturated heterocycles. The Labute approximate surface area is 89.8 Å². The van der Waals surface area contributed by atoms with Gasteiger partial charge in [-0.2, -0.15) is 5.10 Å². The minimum absolute atomic E-state index is 0.252. The van der Waals surface area contributed by atoms with Crippen LogP contribution in [0.2, 0.25) is 0 Å². The van der Waals surface area contributed by atoms with E-state index in [9.17, 15) is 4.39 Å². The van der Waals surface area contributed by atoms with Crippen LogP contribution < -0.4 is 0 Å². The standard InChI is InChI=1S/C7H3BrFIN2/c8-3-1-4(9)6-5(2-3)11-12-7(6)10/h1-2H,(H,11,12). The number of hydrogen-bond acceptors (Lipinski definition) is 1. The van der Waals surface area contributed by atoms with E-state index in [0.29, 0.717) is 15.4 Å². The maximum Gasteiger partial charge on any atom is 0.136 e. The highest BCUT2D eigenvalue weighted by molar-refractivity contribution is 14.1. The Morgan fingerprint density at radius 3 is 3.00 bits per heavy atom. The average molecular weight is 341 g/mol. The van der Waals surface area contributed by atoms with Crippen LogP contribution in [0.15, 0.2) is 16.6 Å². The fourth-order valence-corrected chi connectivity index (χ4v) is 2.10. The zero-order chi connectivity index (χ0) is 8.72. The van der Waals surface area contributed by atoms with E-state index in [1.54, 1.807) is 6.07 Å². The first-order valence-corrected chi connectivity index (χ1v) is 5.04. The summed E-state index contributed by atoms with van der Waals surface area (Å²) >= 11 is 5.21. The van der Waals surface area contributed by atoms with Gasteiger partial charge in [0.2, 0.25) is 0 Å². The van der Waals surface area contributed by atoms with Crippen molar-refractivity contribution >= 4 is 49.4 Å². The van der Waals surface area contributed by atoms with Gasteiger partial charge >= 0.3 is 0 Å². The lowest BCUT2D eigenvalue weighted by Gasteiger charge is -1.92. The molecule has 5 heteroatoms. The summed E-state index contributed by atoms with van der Waals surface area (Å²) in [6.07, 6.45) is 0. The fraction of sp³-hybridized carbons (Fsp3) is 0. The van der Waals surface area contributed by atoms with Crippen LogP contribution in [-0.4, -0.2) is 10.2 Å². The summed E-state index contributed by atoms with van der Waals surface area (Å²) in [6.45, 7) is 0. The van der Waals surface area contributed by atoms with Gasteiger partial charge in [0.05, 0.1) is 10.9 Å². The Morgan fingerprint density at radius 2 is 2.25 bits per heavy atom. The fourth-order valence-electron chi connectivity index (χ4n) is 1.03. The molecular formula is C7H3BrFIN2. The summed E-state index contributed by atoms with van der Waals surface area (Å²) in [5.41, 5.74) is 0.645. The molecule has 2 nitrogen and oxygen atoms in total. The Balaban J connectivity index is 2.93. The minimum Gasteiger partial charge on any atom is -0.271 e. The normalized spacial score (nSPS) is 10.9. The molecule has 1 aromatic carbocycles. The number of fused-ring (bicyclic) bond motifs is 1. The smallest absolute Gasteiger partial charge is 0.136 e. The molecule has 0 aliphatic carbocycles. The van der Waals surface area contributed by atoms with Crippen LogP contribution in [0.3, 0.4) is 0 Å². The van der Waals surface area contributed by atoms with E-state index in [0.717, 1.165) is 3.70 Å². The van der Waals surface area contributed by atoms with Crippen molar-refractivity contribution in [1.29, 1.82) is 0 Å². The van der Waals surface area contributed by atoms with Crippen LogP contribution in [0, 0.1) is 9.52 Å². The molecule has 0 aliphatic rings. The maximum absolute atomic E-state index is 13.2. The molecule has 0 bridgehead atoms. The number of nitrogens with zero attached hydrogens (tertiary/aromatic N) is 1. The van der Waals surface area contributed by atoms with Crippen molar-refractivity contribution in [2.45, 2.75) is 0 Å². The van der Waals surface area contributed by atoms with Gasteiger partial charge in [0.1, 0.15) is 9.52 Å². The third-order valence-corrected chi connectivity index (χ3v) is 2.77. The summed E-state index contributed by atoms with van der Waals surface area (Å²) in [7, 11) is 0. The summed E-state index contributed by atoms with van der Waals surface area (Å²) in [5, 5.41) is 7.21. The van der Waals surface area contributed by atoms with Gasteiger partial charge < -0.3 is 0 Å². The van der Waals surface area contributed by atoms with Crippen molar-refractivity contribution in [3.8, 4) is 0 Å². The highest BCUT2D eigenvalue weighted by Crippen LogP contribution is 2.24. The van der Waals surface area contributed by atoms with Crippen LogP contribution in [0.1, 0.15) is 0 Å². The van der Waals surface area contributed by atoms with Gasteiger partial charge in [-0.25, -0.2) is 4.39 Å². The van der Waals surface area contributed by atoms with E-state index in [-0.39, 0.29) is 5.82 Å². The molecule has 0 unspecified atom stereocenters. The molecule has 0 amide bonds. The number of benzene rings is 1. The second-order valence-corrected chi connectivity index (χ2v) is 4.31. The molecule has 2 rings (SSSR count). The SMILES string of the molecule is Fc1cc(Br)cc2n[nH]c(I)c12. The predicted octanol–water partition coefficient (Wildman–Crippen LogP) is 3.07. The predicted molar refractivity (Wildman–Crippen MR) is 56.5 cm³/mol. The number of nitrogens with one attached hydrogen (secondary N) is 1. The number of hydrogen-bond donors (Lipinski definition) is 1. The highest BCUT2D eigenvalue weighted by atomic mass is 127. The second-order valence-electron chi connectivity index (χ2n) is 2.32. The molecule has 0 saturated carbocycles. The molecule has 0 aliphatic heterocycles. The van der Waals surface area contributed by atoms with Crippen molar-refractivity contribution in [3.63, 3.8) is 0 Å². The number of H-pyrrole nitrogens is 1. The van der Waals surface area contributed by atoms with Crippen LogP contribution in [-0.2, 0) is 0 Å². The van der Waals surface area contributed by atoms with Gasteiger partial charge in [0.25, 0.3) is 0 Å². The lowest BCUT2D eigenvalue weighted by atomic mass is 10.2. The Morgan fingerprint density at radius 1 is 1.50 bits per heavy atom. The monoisotopic (exact) mass is 340 g/mol. The van der Waals surface area contributed by atoms with E-state index < -0.39 is 0 Å². The van der Waals surface area contributed by atoms with Gasteiger partial charge in [-0.15, -0.1) is 0 Å². The van der Waals surface area contributed by atoms with E-state index in [1.165, 1.54) is 6.07 Å². The molecule has 0 spiro atoms. The highest BCUT2D eigenvalue weighted by Gasteiger charge is 2.08. The molecule has 1 aromatic heterocycles. The van der Waals surface area contributed by atoms with Gasteiger partial charge in [-0.1, -0.05) is 15.9 Å². The zero-order valence-corrected chi connectivity index (χ0v) is 9.48. The van der Waals surface area contributed by atoms with Crippen LogP contribution in [0.5, 0.6) is 0 Å². The van der Waals surface area contributed by atoms with E-state index in [1.807, 2.05) is 22.6 Å². The van der Waals surface area contributed by atoms with Gasteiger partial charge in [-0.05, 0) is 34.7 Å². The van der Waals surface area contributed by atoms with Gasteiger partial charge in [-0.3, -0.25) is 5.10 Å². The van der Waals surface area contributed by atoms with Gasteiger partial charge in [0.15, 0.2) is 0 Å². The van der Waals surface area contributed by atoms with E-state index in [4.69, 9.17) is 0 Å². The largest absolute Gasteiger partial charge is 0.271 e. The third kappa shape index (κ3) is 1.24. The molecule has 12 heavy (non-hydrogen) atoms. The lowest BCUT2D eigenvalue weighted by molar-refractivity contribution is 0.638.